The lowest BCUT2D eigenvalue weighted by Gasteiger charge is -2.05. The van der Waals surface area contributed by atoms with Gasteiger partial charge in [0.05, 0.1) is 0 Å². The molecule has 0 heterocycles. The van der Waals surface area contributed by atoms with E-state index >= 15 is 0 Å². The molecule has 0 fully saturated rings. The lowest BCUT2D eigenvalue weighted by atomic mass is 10.2. The number of amides is 1. The van der Waals surface area contributed by atoms with Crippen LogP contribution in [-0.4, -0.2) is 29.8 Å². The average Bonchev–Trinajstić information content (AvgIpc) is 2.43. The van der Waals surface area contributed by atoms with Gasteiger partial charge in [-0.1, -0.05) is 5.16 Å². The summed E-state index contributed by atoms with van der Waals surface area (Å²) in [6, 6.07) is 7.42. The normalized spacial score (nSPS) is 11.3. The van der Waals surface area contributed by atoms with Crippen LogP contribution in [0.3, 0.4) is 0 Å². The molecule has 4 N–H and O–H groups in total. The van der Waals surface area contributed by atoms with E-state index in [0.717, 1.165) is 4.90 Å². The van der Waals surface area contributed by atoms with E-state index in [0.29, 0.717) is 24.9 Å². The van der Waals surface area contributed by atoms with Crippen LogP contribution in [-0.2, 0) is 0 Å². The fourth-order valence-corrected chi connectivity index (χ4v) is 1.77. The number of hydrogen-bond donors (Lipinski definition) is 3. The molecule has 0 bridgehead atoms. The van der Waals surface area contributed by atoms with Gasteiger partial charge < -0.3 is 16.3 Å². The molecule has 0 aliphatic heterocycles. The standard InChI is InChI=1S/C12H17N3O2S/c1-18-10-6-4-9(5-7-10)12(16)14-8-2-3-11(13)15-17/h4-7,17H,2-3,8H2,1H3,(H2,13,15)(H,14,16). The quantitative estimate of drug-likeness (QED) is 0.183. The van der Waals surface area contributed by atoms with Gasteiger partial charge in [0.2, 0.25) is 0 Å². The number of carbonyl (C=O) groups excluding carboxylic acids is 1. The van der Waals surface area contributed by atoms with Gasteiger partial charge in [-0.2, -0.15) is 0 Å². The fourth-order valence-electron chi connectivity index (χ4n) is 1.37. The monoisotopic (exact) mass is 267 g/mol. The highest BCUT2D eigenvalue weighted by Gasteiger charge is 2.04. The summed E-state index contributed by atoms with van der Waals surface area (Å²) in [5, 5.41) is 14.0. The Morgan fingerprint density at radius 3 is 2.67 bits per heavy atom. The van der Waals surface area contributed by atoms with Crippen molar-refractivity contribution < 1.29 is 10.0 Å². The molecule has 1 aromatic rings. The first kappa shape index (κ1) is 14.4. The molecule has 0 saturated carbocycles. The Balaban J connectivity index is 2.36. The van der Waals surface area contributed by atoms with Crippen LogP contribution in [0.5, 0.6) is 0 Å². The third kappa shape index (κ3) is 4.67. The summed E-state index contributed by atoms with van der Waals surface area (Å²) in [4.78, 5) is 12.9. The number of oxime groups is 1. The smallest absolute Gasteiger partial charge is 0.251 e. The van der Waals surface area contributed by atoms with Crippen LogP contribution < -0.4 is 11.1 Å². The molecular formula is C12H17N3O2S. The summed E-state index contributed by atoms with van der Waals surface area (Å²) < 4.78 is 0. The number of carbonyl (C=O) groups is 1. The number of amidine groups is 1. The van der Waals surface area contributed by atoms with Crippen molar-refractivity contribution in [3.05, 3.63) is 29.8 Å². The minimum Gasteiger partial charge on any atom is -0.409 e. The molecule has 0 aliphatic carbocycles. The van der Waals surface area contributed by atoms with E-state index in [1.165, 1.54) is 0 Å². The molecule has 0 radical (unpaired) electrons. The van der Waals surface area contributed by atoms with E-state index in [-0.39, 0.29) is 11.7 Å². The van der Waals surface area contributed by atoms with Gasteiger partial charge in [-0.15, -0.1) is 11.8 Å². The van der Waals surface area contributed by atoms with Gasteiger partial charge >= 0.3 is 0 Å². The maximum atomic E-state index is 11.7. The van der Waals surface area contributed by atoms with Crippen LogP contribution in [0.1, 0.15) is 23.2 Å². The number of rotatable bonds is 6. The number of hydrogen-bond acceptors (Lipinski definition) is 4. The first-order valence-corrected chi connectivity index (χ1v) is 6.78. The predicted octanol–water partition coefficient (Wildman–Crippen LogP) is 1.66. The van der Waals surface area contributed by atoms with Crippen molar-refractivity contribution in [3.63, 3.8) is 0 Å². The van der Waals surface area contributed by atoms with Crippen LogP contribution in [0.25, 0.3) is 0 Å². The van der Waals surface area contributed by atoms with Gasteiger partial charge in [0.15, 0.2) is 0 Å². The zero-order valence-corrected chi connectivity index (χ0v) is 11.0. The van der Waals surface area contributed by atoms with Crippen molar-refractivity contribution in [1.29, 1.82) is 0 Å². The molecule has 5 nitrogen and oxygen atoms in total. The molecule has 0 atom stereocenters. The van der Waals surface area contributed by atoms with Crippen molar-refractivity contribution in [2.45, 2.75) is 17.7 Å². The molecule has 6 heteroatoms. The highest BCUT2D eigenvalue weighted by molar-refractivity contribution is 7.98. The number of thioether (sulfide) groups is 1. The van der Waals surface area contributed by atoms with Crippen LogP contribution in [0.15, 0.2) is 34.3 Å². The van der Waals surface area contributed by atoms with E-state index in [2.05, 4.69) is 10.5 Å². The van der Waals surface area contributed by atoms with Crippen molar-refractivity contribution in [3.8, 4) is 0 Å². The minimum atomic E-state index is -0.109. The molecule has 98 valence electrons. The average molecular weight is 267 g/mol. The van der Waals surface area contributed by atoms with Gasteiger partial charge in [-0.3, -0.25) is 4.79 Å². The second-order valence-electron chi connectivity index (χ2n) is 3.68. The molecule has 0 aliphatic rings. The highest BCUT2D eigenvalue weighted by atomic mass is 32.2. The molecular weight excluding hydrogens is 250 g/mol. The molecule has 18 heavy (non-hydrogen) atoms. The predicted molar refractivity (Wildman–Crippen MR) is 73.2 cm³/mol. The lowest BCUT2D eigenvalue weighted by molar-refractivity contribution is 0.0953. The van der Waals surface area contributed by atoms with Gasteiger partial charge in [0.25, 0.3) is 5.91 Å². The minimum absolute atomic E-state index is 0.109. The fraction of sp³-hybridized carbons (Fsp3) is 0.333. The molecule has 0 saturated heterocycles. The molecule has 0 spiro atoms. The third-order valence-corrected chi connectivity index (χ3v) is 3.12. The number of benzene rings is 1. The van der Waals surface area contributed by atoms with E-state index in [1.54, 1.807) is 23.9 Å². The Morgan fingerprint density at radius 1 is 1.44 bits per heavy atom. The lowest BCUT2D eigenvalue weighted by Crippen LogP contribution is -2.25. The second-order valence-corrected chi connectivity index (χ2v) is 4.56. The zero-order chi connectivity index (χ0) is 13.4. The third-order valence-electron chi connectivity index (χ3n) is 2.38. The zero-order valence-electron chi connectivity index (χ0n) is 10.2. The van der Waals surface area contributed by atoms with Crippen LogP contribution in [0.2, 0.25) is 0 Å². The Labute approximate surface area is 110 Å². The summed E-state index contributed by atoms with van der Waals surface area (Å²) in [5.74, 6) is 0.0655. The second kappa shape index (κ2) is 7.60. The van der Waals surface area contributed by atoms with Crippen molar-refractivity contribution in [1.82, 2.24) is 5.32 Å². The maximum Gasteiger partial charge on any atom is 0.251 e. The van der Waals surface area contributed by atoms with Gasteiger partial charge in [0, 0.05) is 23.4 Å². The largest absolute Gasteiger partial charge is 0.409 e. The van der Waals surface area contributed by atoms with Gasteiger partial charge in [-0.05, 0) is 36.9 Å². The Morgan fingerprint density at radius 2 is 2.11 bits per heavy atom. The highest BCUT2D eigenvalue weighted by Crippen LogP contribution is 2.14. The Kier molecular flexibility index (Phi) is 6.07. The summed E-state index contributed by atoms with van der Waals surface area (Å²) >= 11 is 1.63. The first-order chi connectivity index (χ1) is 8.67. The van der Waals surface area contributed by atoms with Crippen LogP contribution >= 0.6 is 11.8 Å². The first-order valence-electron chi connectivity index (χ1n) is 5.56. The van der Waals surface area contributed by atoms with E-state index in [1.807, 2.05) is 18.4 Å². The number of nitrogens with one attached hydrogen (secondary N) is 1. The van der Waals surface area contributed by atoms with E-state index < -0.39 is 0 Å². The van der Waals surface area contributed by atoms with E-state index in [9.17, 15) is 4.79 Å². The van der Waals surface area contributed by atoms with Crippen molar-refractivity contribution in [2.24, 2.45) is 10.9 Å². The molecule has 1 aromatic carbocycles. The maximum absolute atomic E-state index is 11.7. The van der Waals surface area contributed by atoms with Crippen LogP contribution in [0, 0.1) is 0 Å². The SMILES string of the molecule is CSc1ccc(C(=O)NCCCC(N)=NO)cc1. The van der Waals surface area contributed by atoms with Crippen LogP contribution in [0.4, 0.5) is 0 Å². The molecule has 1 rings (SSSR count). The number of nitrogens with zero attached hydrogens (tertiary/aromatic N) is 1. The topological polar surface area (TPSA) is 87.7 Å². The van der Waals surface area contributed by atoms with Gasteiger partial charge in [-0.25, -0.2) is 0 Å². The summed E-state index contributed by atoms with van der Waals surface area (Å²) in [6.45, 7) is 0.499. The van der Waals surface area contributed by atoms with Gasteiger partial charge in [0.1, 0.15) is 5.84 Å². The summed E-state index contributed by atoms with van der Waals surface area (Å²) in [6.07, 6.45) is 3.09. The molecule has 0 unspecified atom stereocenters. The summed E-state index contributed by atoms with van der Waals surface area (Å²) in [5.41, 5.74) is 5.95. The molecule has 1 amide bonds. The van der Waals surface area contributed by atoms with Crippen molar-refractivity contribution >= 4 is 23.5 Å². The van der Waals surface area contributed by atoms with Crippen molar-refractivity contribution in [2.75, 3.05) is 12.8 Å². The Bertz CT molecular complexity index is 418. The summed E-state index contributed by atoms with van der Waals surface area (Å²) in [7, 11) is 0. The Hall–Kier alpha value is -1.69. The van der Waals surface area contributed by atoms with E-state index in [4.69, 9.17) is 10.9 Å². The molecule has 0 aromatic heterocycles. The number of nitrogens with two attached hydrogens (primary N) is 1.